The number of likely N-dealkylation sites (tertiary alicyclic amines) is 1. The monoisotopic (exact) mass is 553 g/mol. The van der Waals surface area contributed by atoms with Crippen molar-refractivity contribution < 1.29 is 24.2 Å². The zero-order valence-electron chi connectivity index (χ0n) is 23.0. The van der Waals surface area contributed by atoms with Gasteiger partial charge in [-0.1, -0.05) is 37.6 Å². The van der Waals surface area contributed by atoms with Gasteiger partial charge in [0.25, 0.3) is 0 Å². The third-order valence-electron chi connectivity index (χ3n) is 8.44. The SMILES string of the molecule is CCCCN1CC=C[C@]23S[C@]4(C)C=CCN(c5ccc(OCC)cc5)C(=O)[C@@H]4[C@H]2C(=O)N(CCCO)C3C1=O. The van der Waals surface area contributed by atoms with Gasteiger partial charge < -0.3 is 24.5 Å². The molecule has 0 radical (unpaired) electrons. The number of hydrogen-bond donors (Lipinski definition) is 1. The molecule has 1 aromatic rings. The quantitative estimate of drug-likeness (QED) is 0.472. The van der Waals surface area contributed by atoms with E-state index in [0.717, 1.165) is 24.3 Å². The molecule has 3 amide bonds. The molecule has 1 spiro atoms. The van der Waals surface area contributed by atoms with Gasteiger partial charge in [-0.15, -0.1) is 11.8 Å². The van der Waals surface area contributed by atoms with Crippen LogP contribution in [0.3, 0.4) is 0 Å². The number of fused-ring (bicyclic) bond motifs is 2. The van der Waals surface area contributed by atoms with Crippen LogP contribution in [0, 0.1) is 11.8 Å². The lowest BCUT2D eigenvalue weighted by Gasteiger charge is -2.36. The average molecular weight is 554 g/mol. The fourth-order valence-corrected chi connectivity index (χ4v) is 8.88. The lowest BCUT2D eigenvalue weighted by atomic mass is 9.74. The van der Waals surface area contributed by atoms with Gasteiger partial charge >= 0.3 is 0 Å². The zero-order chi connectivity index (χ0) is 27.8. The highest BCUT2D eigenvalue weighted by Gasteiger charge is 2.73. The lowest BCUT2D eigenvalue weighted by Crippen LogP contribution is -2.53. The maximum Gasteiger partial charge on any atom is 0.247 e. The first-order valence-corrected chi connectivity index (χ1v) is 14.9. The summed E-state index contributed by atoms with van der Waals surface area (Å²) in [4.78, 5) is 48.0. The molecule has 2 fully saturated rings. The van der Waals surface area contributed by atoms with E-state index >= 15 is 0 Å². The van der Waals surface area contributed by atoms with Crippen LogP contribution in [-0.4, -0.2) is 87.6 Å². The molecular weight excluding hydrogens is 514 g/mol. The molecule has 0 aliphatic carbocycles. The van der Waals surface area contributed by atoms with Gasteiger partial charge in [0, 0.05) is 43.2 Å². The number of aliphatic hydroxyl groups excluding tert-OH is 1. The predicted octanol–water partition coefficient (Wildman–Crippen LogP) is 3.26. The zero-order valence-corrected chi connectivity index (χ0v) is 23.9. The summed E-state index contributed by atoms with van der Waals surface area (Å²) in [6.45, 7) is 8.37. The molecule has 9 heteroatoms. The lowest BCUT2D eigenvalue weighted by molar-refractivity contribution is -0.143. The third kappa shape index (κ3) is 4.57. The Kier molecular flexibility index (Phi) is 7.84. The van der Waals surface area contributed by atoms with Crippen molar-refractivity contribution in [3.63, 3.8) is 0 Å². The Hall–Kier alpha value is -2.78. The van der Waals surface area contributed by atoms with Crippen molar-refractivity contribution in [2.24, 2.45) is 11.8 Å². The van der Waals surface area contributed by atoms with Gasteiger partial charge in [0.1, 0.15) is 11.8 Å². The summed E-state index contributed by atoms with van der Waals surface area (Å²) in [6.07, 6.45) is 10.4. The Balaban J connectivity index is 1.56. The fourth-order valence-electron chi connectivity index (χ4n) is 6.72. The molecule has 4 aliphatic heterocycles. The highest BCUT2D eigenvalue weighted by Crippen LogP contribution is 2.65. The van der Waals surface area contributed by atoms with Gasteiger partial charge in [0.2, 0.25) is 17.7 Å². The molecule has 4 aliphatic rings. The van der Waals surface area contributed by atoms with Gasteiger partial charge in [-0.3, -0.25) is 14.4 Å². The fraction of sp³-hybridized carbons (Fsp3) is 0.567. The maximum atomic E-state index is 14.4. The van der Waals surface area contributed by atoms with Gasteiger partial charge in [-0.25, -0.2) is 0 Å². The number of carbonyl (C=O) groups is 3. The van der Waals surface area contributed by atoms with Crippen LogP contribution in [0.1, 0.15) is 40.0 Å². The minimum absolute atomic E-state index is 0.0606. The van der Waals surface area contributed by atoms with Crippen molar-refractivity contribution in [3.8, 4) is 5.75 Å². The standard InChI is InChI=1S/C30H39N3O5S/c1-4-6-16-31-17-8-15-30-24(27(36)33(19-9-20-34)25(30)28(31)37)23-26(35)32(18-7-14-29(23,3)39-30)21-10-12-22(13-11-21)38-5-2/h7-8,10-15,23-25,34H,4-6,9,16-20H2,1-3H3/t23-,24-,25?,29+,30-/m0/s1. The molecule has 210 valence electrons. The van der Waals surface area contributed by atoms with Crippen LogP contribution in [0.4, 0.5) is 5.69 Å². The molecule has 0 bridgehead atoms. The van der Waals surface area contributed by atoms with Gasteiger partial charge in [0.15, 0.2) is 0 Å². The second-order valence-corrected chi connectivity index (χ2v) is 12.7. The highest BCUT2D eigenvalue weighted by atomic mass is 32.2. The van der Waals surface area contributed by atoms with E-state index < -0.39 is 27.4 Å². The van der Waals surface area contributed by atoms with Crippen LogP contribution in [-0.2, 0) is 14.4 Å². The summed E-state index contributed by atoms with van der Waals surface area (Å²) in [5.74, 6) is -0.910. The summed E-state index contributed by atoms with van der Waals surface area (Å²) < 4.78 is 4.07. The van der Waals surface area contributed by atoms with E-state index in [2.05, 4.69) is 19.1 Å². The number of anilines is 1. The first-order chi connectivity index (χ1) is 18.8. The number of ether oxygens (including phenoxy) is 1. The predicted molar refractivity (Wildman–Crippen MR) is 153 cm³/mol. The van der Waals surface area contributed by atoms with Crippen molar-refractivity contribution >= 4 is 35.2 Å². The second-order valence-electron chi connectivity index (χ2n) is 10.9. The Morgan fingerprint density at radius 2 is 1.69 bits per heavy atom. The van der Waals surface area contributed by atoms with Gasteiger partial charge in [-0.2, -0.15) is 0 Å². The van der Waals surface area contributed by atoms with Crippen molar-refractivity contribution in [1.82, 2.24) is 9.80 Å². The number of thioether (sulfide) groups is 1. The Labute approximate surface area is 235 Å². The van der Waals surface area contributed by atoms with Crippen LogP contribution >= 0.6 is 11.8 Å². The maximum absolute atomic E-state index is 14.4. The van der Waals surface area contributed by atoms with E-state index in [1.165, 1.54) is 0 Å². The molecule has 8 nitrogen and oxygen atoms in total. The van der Waals surface area contributed by atoms with E-state index in [4.69, 9.17) is 4.74 Å². The largest absolute Gasteiger partial charge is 0.494 e. The topological polar surface area (TPSA) is 90.4 Å². The molecule has 4 heterocycles. The Bertz CT molecular complexity index is 1170. The van der Waals surface area contributed by atoms with Gasteiger partial charge in [0.05, 0.1) is 23.2 Å². The van der Waals surface area contributed by atoms with Crippen molar-refractivity contribution in [2.45, 2.75) is 55.6 Å². The molecule has 5 atom stereocenters. The molecule has 39 heavy (non-hydrogen) atoms. The molecular formula is C30H39N3O5S. The minimum Gasteiger partial charge on any atom is -0.494 e. The number of nitrogens with zero attached hydrogens (tertiary/aromatic N) is 3. The van der Waals surface area contributed by atoms with Crippen molar-refractivity contribution in [2.75, 3.05) is 44.3 Å². The van der Waals surface area contributed by atoms with Crippen LogP contribution in [0.25, 0.3) is 0 Å². The number of aliphatic hydroxyl groups is 1. The summed E-state index contributed by atoms with van der Waals surface area (Å²) >= 11 is 1.59. The Morgan fingerprint density at radius 1 is 0.949 bits per heavy atom. The van der Waals surface area contributed by atoms with Crippen molar-refractivity contribution in [3.05, 3.63) is 48.6 Å². The van der Waals surface area contributed by atoms with Crippen LogP contribution in [0.15, 0.2) is 48.6 Å². The van der Waals surface area contributed by atoms with E-state index in [1.807, 2.05) is 55.2 Å². The highest BCUT2D eigenvalue weighted by molar-refractivity contribution is 8.02. The third-order valence-corrected chi connectivity index (χ3v) is 10.2. The number of amides is 3. The number of rotatable bonds is 9. The Morgan fingerprint density at radius 3 is 2.38 bits per heavy atom. The first-order valence-electron chi connectivity index (χ1n) is 14.1. The molecule has 1 N–H and O–H groups in total. The van der Waals surface area contributed by atoms with E-state index in [-0.39, 0.29) is 30.9 Å². The minimum atomic E-state index is -0.855. The molecule has 5 rings (SSSR count). The summed E-state index contributed by atoms with van der Waals surface area (Å²) in [7, 11) is 0. The summed E-state index contributed by atoms with van der Waals surface area (Å²) in [6, 6.07) is 6.77. The molecule has 2 saturated heterocycles. The number of benzene rings is 1. The van der Waals surface area contributed by atoms with E-state index in [0.29, 0.717) is 32.7 Å². The first kappa shape index (κ1) is 27.8. The normalized spacial score (nSPS) is 31.7. The number of carbonyl (C=O) groups excluding carboxylic acids is 3. The van der Waals surface area contributed by atoms with Crippen LogP contribution in [0.5, 0.6) is 5.75 Å². The van der Waals surface area contributed by atoms with E-state index in [9.17, 15) is 19.5 Å². The molecule has 1 aromatic carbocycles. The summed E-state index contributed by atoms with van der Waals surface area (Å²) in [5.41, 5.74) is 0.751. The molecule has 0 aromatic heterocycles. The molecule has 1 unspecified atom stereocenters. The number of unbranched alkanes of at least 4 members (excludes halogenated alkanes) is 1. The van der Waals surface area contributed by atoms with Crippen molar-refractivity contribution in [1.29, 1.82) is 0 Å². The van der Waals surface area contributed by atoms with Gasteiger partial charge in [-0.05, 0) is 51.0 Å². The van der Waals surface area contributed by atoms with Crippen LogP contribution < -0.4 is 9.64 Å². The van der Waals surface area contributed by atoms with E-state index in [1.54, 1.807) is 21.6 Å². The van der Waals surface area contributed by atoms with Crippen LogP contribution in [0.2, 0.25) is 0 Å². The second kappa shape index (κ2) is 11.0. The number of hydrogen-bond acceptors (Lipinski definition) is 6. The average Bonchev–Trinajstić information content (AvgIpc) is 3.19. The summed E-state index contributed by atoms with van der Waals surface area (Å²) in [5, 5.41) is 9.59. The smallest absolute Gasteiger partial charge is 0.247 e. The molecule has 0 saturated carbocycles.